The van der Waals surface area contributed by atoms with Gasteiger partial charge in [0.15, 0.2) is 0 Å². The van der Waals surface area contributed by atoms with Gasteiger partial charge in [0.25, 0.3) is 0 Å². The molecule has 10 heteroatoms. The van der Waals surface area contributed by atoms with Gasteiger partial charge in [0, 0.05) is 0 Å². The van der Waals surface area contributed by atoms with Crippen molar-refractivity contribution >= 4 is 32.6 Å². The number of ether oxygens (including phenoxy) is 1. The summed E-state index contributed by atoms with van der Waals surface area (Å²) in [5.74, 6) is 0. The van der Waals surface area contributed by atoms with E-state index in [1.165, 1.54) is 10.9 Å². The van der Waals surface area contributed by atoms with Crippen LogP contribution >= 0.6 is 0 Å². The molecule has 3 rings (SSSR count). The average Bonchev–Trinajstić information content (AvgIpc) is 2.93. The van der Waals surface area contributed by atoms with E-state index in [4.69, 9.17) is 9.84 Å². The summed E-state index contributed by atoms with van der Waals surface area (Å²) >= 11 is 1.14. The first-order valence-electron chi connectivity index (χ1n) is 5.87. The molecule has 0 aliphatic carbocycles. The van der Waals surface area contributed by atoms with Crippen molar-refractivity contribution in [2.24, 2.45) is 0 Å². The molecule has 4 N–H and O–H groups in total. The van der Waals surface area contributed by atoms with Gasteiger partial charge in [0.2, 0.25) is 0 Å². The molecule has 1 aliphatic heterocycles. The van der Waals surface area contributed by atoms with Gasteiger partial charge in [-0.25, -0.2) is 0 Å². The summed E-state index contributed by atoms with van der Waals surface area (Å²) in [6.07, 6.45) is -2.92. The molecule has 1 saturated heterocycles. The zero-order chi connectivity index (χ0) is 14.4. The Hall–Kier alpha value is -1.25. The fraction of sp³-hybridized carbons (Fsp3) is 0.500. The minimum atomic E-state index is -1.23. The first kappa shape index (κ1) is 13.7. The Labute approximate surface area is 120 Å². The molecule has 0 aromatic carbocycles. The number of aromatic nitrogens is 4. The number of hydrogen-bond donors (Lipinski definition) is 4. The molecule has 0 saturated carbocycles. The SMILES string of the molecule is O=c1nc([AsH2])[nH]c2c1ncn2C1OC(CO)C(O)C1O. The number of rotatable bonds is 2. The molecular formula is C10H13AsN4O5. The molecule has 1 fully saturated rings. The number of imidazole rings is 1. The summed E-state index contributed by atoms with van der Waals surface area (Å²) in [6, 6.07) is 0. The van der Waals surface area contributed by atoms with Crippen LogP contribution in [0.1, 0.15) is 6.23 Å². The van der Waals surface area contributed by atoms with Crippen LogP contribution in [-0.4, -0.2) is 76.6 Å². The zero-order valence-corrected chi connectivity index (χ0v) is 12.6. The van der Waals surface area contributed by atoms with Crippen molar-refractivity contribution in [2.75, 3.05) is 6.61 Å². The number of aromatic amines is 1. The van der Waals surface area contributed by atoms with Crippen molar-refractivity contribution in [3.8, 4) is 0 Å². The Balaban J connectivity index is 2.09. The van der Waals surface area contributed by atoms with Crippen molar-refractivity contribution in [1.82, 2.24) is 19.5 Å². The van der Waals surface area contributed by atoms with Crippen LogP contribution < -0.4 is 10.2 Å². The summed E-state index contributed by atoms with van der Waals surface area (Å²) < 4.78 is 7.29. The molecule has 5 unspecified atom stereocenters. The second kappa shape index (κ2) is 4.94. The Morgan fingerprint density at radius 1 is 1.45 bits per heavy atom. The summed E-state index contributed by atoms with van der Waals surface area (Å²) in [5, 5.41) is 28.8. The quantitative estimate of drug-likeness (QED) is 0.408. The molecule has 0 bridgehead atoms. The van der Waals surface area contributed by atoms with Gasteiger partial charge in [0.1, 0.15) is 0 Å². The van der Waals surface area contributed by atoms with Crippen LogP contribution in [0.4, 0.5) is 0 Å². The third-order valence-electron chi connectivity index (χ3n) is 3.26. The van der Waals surface area contributed by atoms with Crippen LogP contribution in [-0.2, 0) is 4.74 Å². The van der Waals surface area contributed by atoms with Gasteiger partial charge in [0.05, 0.1) is 0 Å². The third kappa shape index (κ3) is 1.98. The van der Waals surface area contributed by atoms with E-state index in [1.807, 2.05) is 0 Å². The Morgan fingerprint density at radius 3 is 2.85 bits per heavy atom. The van der Waals surface area contributed by atoms with E-state index in [9.17, 15) is 15.0 Å². The number of fused-ring (bicyclic) bond motifs is 1. The second-order valence-corrected chi connectivity index (χ2v) is 5.65. The number of nitrogens with one attached hydrogen (secondary N) is 1. The molecule has 2 aromatic rings. The van der Waals surface area contributed by atoms with Gasteiger partial charge in [-0.3, -0.25) is 0 Å². The van der Waals surface area contributed by atoms with Crippen LogP contribution in [0.3, 0.4) is 0 Å². The van der Waals surface area contributed by atoms with Crippen molar-refractivity contribution in [2.45, 2.75) is 24.5 Å². The van der Waals surface area contributed by atoms with E-state index in [1.54, 1.807) is 0 Å². The van der Waals surface area contributed by atoms with Gasteiger partial charge in [-0.05, 0) is 0 Å². The second-order valence-electron chi connectivity index (χ2n) is 4.51. The molecule has 2 aromatic heterocycles. The minimum absolute atomic E-state index is 0.129. The van der Waals surface area contributed by atoms with E-state index in [-0.39, 0.29) is 5.52 Å². The van der Waals surface area contributed by atoms with Crippen molar-refractivity contribution in [3.05, 3.63) is 16.7 Å². The molecule has 0 spiro atoms. The van der Waals surface area contributed by atoms with Crippen molar-refractivity contribution < 1.29 is 20.1 Å². The molecule has 0 amide bonds. The van der Waals surface area contributed by atoms with Gasteiger partial charge in [-0.1, -0.05) is 0 Å². The first-order chi connectivity index (χ1) is 9.52. The maximum absolute atomic E-state index is 11.7. The maximum atomic E-state index is 11.7. The summed E-state index contributed by atoms with van der Waals surface area (Å²) in [5.41, 5.74) is 0.0203. The summed E-state index contributed by atoms with van der Waals surface area (Å²) in [6.45, 7) is -0.415. The molecule has 0 radical (unpaired) electrons. The van der Waals surface area contributed by atoms with E-state index in [2.05, 4.69) is 15.0 Å². The standard InChI is InChI=1S/C10H13AsN4O5/c11-10-13-7-4(8(19)14-10)12-2-15(7)9-6(18)5(17)3(1-16)20-9/h2-3,5-6,9,16-18H,1,11H2,(H,13,14,19). The fourth-order valence-corrected chi connectivity index (χ4v) is 2.79. The number of nitrogens with zero attached hydrogens (tertiary/aromatic N) is 3. The molecule has 20 heavy (non-hydrogen) atoms. The van der Waals surface area contributed by atoms with Gasteiger partial charge in [-0.2, -0.15) is 0 Å². The molecular weight excluding hydrogens is 331 g/mol. The van der Waals surface area contributed by atoms with Crippen molar-refractivity contribution in [1.29, 1.82) is 0 Å². The van der Waals surface area contributed by atoms with E-state index < -0.39 is 36.7 Å². The third-order valence-corrected chi connectivity index (χ3v) is 3.83. The van der Waals surface area contributed by atoms with Crippen LogP contribution in [0.5, 0.6) is 0 Å². The van der Waals surface area contributed by atoms with Crippen LogP contribution in [0.2, 0.25) is 0 Å². The normalized spacial score (nSPS) is 30.2. The van der Waals surface area contributed by atoms with E-state index in [0.717, 1.165) is 16.9 Å². The number of H-pyrrole nitrogens is 1. The molecule has 108 valence electrons. The predicted octanol–water partition coefficient (Wildman–Crippen LogP) is -4.01. The Kier molecular flexibility index (Phi) is 3.39. The summed E-state index contributed by atoms with van der Waals surface area (Å²) in [7, 11) is 0. The van der Waals surface area contributed by atoms with Crippen molar-refractivity contribution in [3.63, 3.8) is 0 Å². The number of aliphatic hydroxyl groups excluding tert-OH is 3. The molecule has 3 heterocycles. The predicted molar refractivity (Wildman–Crippen MR) is 69.3 cm³/mol. The first-order valence-corrected chi connectivity index (χ1v) is 7.09. The van der Waals surface area contributed by atoms with Gasteiger partial charge >= 0.3 is 120 Å². The van der Waals surface area contributed by atoms with Crippen LogP contribution in [0.25, 0.3) is 11.2 Å². The Bertz CT molecular complexity index is 701. The monoisotopic (exact) mass is 344 g/mol. The number of aliphatic hydroxyl groups is 3. The number of hydrogen-bond acceptors (Lipinski definition) is 7. The molecule has 1 aliphatic rings. The molecule has 5 atom stereocenters. The molecule has 9 nitrogen and oxygen atoms in total. The topological polar surface area (TPSA) is 133 Å². The van der Waals surface area contributed by atoms with E-state index in [0.29, 0.717) is 10.3 Å². The summed E-state index contributed by atoms with van der Waals surface area (Å²) in [4.78, 5) is 22.3. The van der Waals surface area contributed by atoms with E-state index >= 15 is 0 Å². The zero-order valence-electron chi connectivity index (χ0n) is 10.2. The van der Waals surface area contributed by atoms with Gasteiger partial charge in [-0.15, -0.1) is 0 Å². The Morgan fingerprint density at radius 2 is 2.20 bits per heavy atom. The van der Waals surface area contributed by atoms with Crippen LogP contribution in [0.15, 0.2) is 11.1 Å². The van der Waals surface area contributed by atoms with Gasteiger partial charge < -0.3 is 0 Å². The van der Waals surface area contributed by atoms with Crippen LogP contribution in [0, 0.1) is 0 Å². The average molecular weight is 344 g/mol. The fourth-order valence-electron chi connectivity index (χ4n) is 2.26.